The normalized spacial score (nSPS) is 25.5. The number of pyridine rings is 1. The Balaban J connectivity index is 1.54. The molecule has 3 heterocycles. The van der Waals surface area contributed by atoms with E-state index in [0.717, 1.165) is 57.8 Å². The minimum absolute atomic E-state index is 0.124. The molecule has 21 heavy (non-hydrogen) atoms. The van der Waals surface area contributed by atoms with Crippen LogP contribution in [0.4, 0.5) is 0 Å². The summed E-state index contributed by atoms with van der Waals surface area (Å²) in [4.78, 5) is 6.93. The summed E-state index contributed by atoms with van der Waals surface area (Å²) in [6, 6.07) is 6.15. The zero-order valence-corrected chi connectivity index (χ0v) is 13.0. The van der Waals surface area contributed by atoms with Crippen molar-refractivity contribution >= 4 is 0 Å². The van der Waals surface area contributed by atoms with E-state index >= 15 is 0 Å². The van der Waals surface area contributed by atoms with Gasteiger partial charge in [-0.1, -0.05) is 6.07 Å². The Morgan fingerprint density at radius 1 is 1.38 bits per heavy atom. The van der Waals surface area contributed by atoms with Crippen LogP contribution in [0.1, 0.15) is 31.4 Å². The largest absolute Gasteiger partial charge is 0.385 e. The quantitative estimate of drug-likeness (QED) is 0.834. The van der Waals surface area contributed by atoms with Gasteiger partial charge in [-0.25, -0.2) is 0 Å². The number of methoxy groups -OCH3 is 1. The van der Waals surface area contributed by atoms with E-state index in [9.17, 15) is 0 Å². The summed E-state index contributed by atoms with van der Waals surface area (Å²) < 4.78 is 11.5. The summed E-state index contributed by atoms with van der Waals surface area (Å²) in [5.41, 5.74) is 1.29. The van der Waals surface area contributed by atoms with E-state index in [1.165, 1.54) is 6.42 Å². The van der Waals surface area contributed by atoms with Crippen molar-refractivity contribution in [2.75, 3.05) is 33.4 Å². The third kappa shape index (κ3) is 3.44. The molecule has 1 atom stereocenters. The molecule has 3 rings (SSSR count). The summed E-state index contributed by atoms with van der Waals surface area (Å²) in [6.45, 7) is 4.96. The molecule has 0 saturated carbocycles. The molecule has 0 radical (unpaired) electrons. The number of hydrogen-bond acceptors (Lipinski definition) is 4. The second-order valence-corrected chi connectivity index (χ2v) is 6.28. The van der Waals surface area contributed by atoms with Gasteiger partial charge in [0, 0.05) is 46.2 Å². The highest BCUT2D eigenvalue weighted by atomic mass is 16.5. The van der Waals surface area contributed by atoms with Crippen molar-refractivity contribution in [1.29, 1.82) is 0 Å². The fraction of sp³-hybridized carbons (Fsp3) is 0.706. The highest BCUT2D eigenvalue weighted by Crippen LogP contribution is 2.42. The molecule has 0 aliphatic carbocycles. The van der Waals surface area contributed by atoms with Crippen LogP contribution < -0.4 is 0 Å². The first-order valence-corrected chi connectivity index (χ1v) is 8.07. The van der Waals surface area contributed by atoms with E-state index in [0.29, 0.717) is 5.92 Å². The summed E-state index contributed by atoms with van der Waals surface area (Å²) >= 11 is 0. The predicted molar refractivity (Wildman–Crippen MR) is 82.0 cm³/mol. The van der Waals surface area contributed by atoms with Crippen LogP contribution in [0.3, 0.4) is 0 Å². The molecular formula is C17H26N2O2. The van der Waals surface area contributed by atoms with Gasteiger partial charge < -0.3 is 9.47 Å². The molecule has 2 fully saturated rings. The molecule has 116 valence electrons. The van der Waals surface area contributed by atoms with Crippen molar-refractivity contribution in [3.8, 4) is 0 Å². The second-order valence-electron chi connectivity index (χ2n) is 6.28. The van der Waals surface area contributed by atoms with Crippen molar-refractivity contribution < 1.29 is 9.47 Å². The number of aromatic nitrogens is 1. The maximum atomic E-state index is 6.19. The van der Waals surface area contributed by atoms with Crippen molar-refractivity contribution in [2.24, 2.45) is 5.92 Å². The molecule has 0 N–H and O–H groups in total. The number of hydrogen-bond donors (Lipinski definition) is 0. The first-order valence-electron chi connectivity index (χ1n) is 8.07. The van der Waals surface area contributed by atoms with E-state index in [1.54, 1.807) is 7.11 Å². The van der Waals surface area contributed by atoms with Gasteiger partial charge in [-0.05, 0) is 43.7 Å². The Labute approximate surface area is 127 Å². The smallest absolute Gasteiger partial charge is 0.0736 e. The molecule has 1 spiro atoms. The topological polar surface area (TPSA) is 34.6 Å². The first kappa shape index (κ1) is 14.9. The molecule has 0 amide bonds. The highest BCUT2D eigenvalue weighted by molar-refractivity contribution is 5.04. The lowest BCUT2D eigenvalue weighted by Gasteiger charge is -2.42. The van der Waals surface area contributed by atoms with Gasteiger partial charge in [0.1, 0.15) is 0 Å². The molecule has 1 aromatic rings. The minimum atomic E-state index is 0.124. The van der Waals surface area contributed by atoms with Gasteiger partial charge in [0.05, 0.1) is 11.3 Å². The van der Waals surface area contributed by atoms with E-state index < -0.39 is 0 Å². The molecule has 4 heteroatoms. The van der Waals surface area contributed by atoms with E-state index in [4.69, 9.17) is 9.47 Å². The Hall–Kier alpha value is -0.970. The van der Waals surface area contributed by atoms with Gasteiger partial charge in [0.15, 0.2) is 0 Å². The van der Waals surface area contributed by atoms with Crippen LogP contribution in [0.15, 0.2) is 24.4 Å². The monoisotopic (exact) mass is 290 g/mol. The average molecular weight is 290 g/mol. The van der Waals surface area contributed by atoms with Crippen LogP contribution in [-0.2, 0) is 16.0 Å². The highest BCUT2D eigenvalue weighted by Gasteiger charge is 2.45. The molecule has 2 saturated heterocycles. The van der Waals surface area contributed by atoms with Gasteiger partial charge in [0.25, 0.3) is 0 Å². The van der Waals surface area contributed by atoms with Gasteiger partial charge in [-0.3, -0.25) is 9.88 Å². The van der Waals surface area contributed by atoms with Crippen LogP contribution in [0, 0.1) is 5.92 Å². The Bertz CT molecular complexity index is 430. The van der Waals surface area contributed by atoms with Crippen LogP contribution in [0.5, 0.6) is 0 Å². The fourth-order valence-electron chi connectivity index (χ4n) is 3.82. The molecule has 0 aromatic carbocycles. The third-order valence-electron chi connectivity index (χ3n) is 5.08. The van der Waals surface area contributed by atoms with Crippen molar-refractivity contribution in [3.05, 3.63) is 30.1 Å². The first-order chi connectivity index (χ1) is 10.3. The summed E-state index contributed by atoms with van der Waals surface area (Å²) in [5, 5.41) is 0. The van der Waals surface area contributed by atoms with E-state index in [-0.39, 0.29) is 5.60 Å². The Morgan fingerprint density at radius 2 is 2.24 bits per heavy atom. The molecule has 2 aliphatic rings. The van der Waals surface area contributed by atoms with Crippen LogP contribution >= 0.6 is 0 Å². The number of ether oxygens (including phenoxy) is 2. The van der Waals surface area contributed by atoms with Gasteiger partial charge in [0.2, 0.25) is 0 Å². The zero-order valence-electron chi connectivity index (χ0n) is 13.0. The maximum Gasteiger partial charge on any atom is 0.0736 e. The number of piperidine rings is 1. The predicted octanol–water partition coefficient (Wildman–Crippen LogP) is 2.49. The molecule has 2 aliphatic heterocycles. The number of nitrogens with zero attached hydrogens (tertiary/aromatic N) is 2. The van der Waals surface area contributed by atoms with E-state index in [2.05, 4.69) is 22.0 Å². The van der Waals surface area contributed by atoms with Gasteiger partial charge in [-0.2, -0.15) is 0 Å². The SMILES string of the molecule is COCC[C@@H]1CCOC12CCN(Cc1ccccn1)CC2. The third-order valence-corrected chi connectivity index (χ3v) is 5.08. The van der Waals surface area contributed by atoms with Crippen molar-refractivity contribution in [1.82, 2.24) is 9.88 Å². The molecular weight excluding hydrogens is 264 g/mol. The molecule has 0 unspecified atom stereocenters. The lowest BCUT2D eigenvalue weighted by Crippen LogP contribution is -2.47. The van der Waals surface area contributed by atoms with Crippen LogP contribution in [-0.4, -0.2) is 48.9 Å². The molecule has 0 bridgehead atoms. The van der Waals surface area contributed by atoms with Crippen molar-refractivity contribution in [2.45, 2.75) is 37.8 Å². The minimum Gasteiger partial charge on any atom is -0.385 e. The number of rotatable bonds is 5. The van der Waals surface area contributed by atoms with Crippen LogP contribution in [0.25, 0.3) is 0 Å². The summed E-state index contributed by atoms with van der Waals surface area (Å²) in [6.07, 6.45) is 6.50. The van der Waals surface area contributed by atoms with Crippen LogP contribution in [0.2, 0.25) is 0 Å². The molecule has 4 nitrogen and oxygen atoms in total. The molecule has 1 aromatic heterocycles. The lowest BCUT2D eigenvalue weighted by atomic mass is 9.78. The maximum absolute atomic E-state index is 6.19. The van der Waals surface area contributed by atoms with E-state index in [1.807, 2.05) is 12.3 Å². The second kappa shape index (κ2) is 6.86. The van der Waals surface area contributed by atoms with Gasteiger partial charge in [-0.15, -0.1) is 0 Å². The number of likely N-dealkylation sites (tertiary alicyclic amines) is 1. The summed E-state index contributed by atoms with van der Waals surface area (Å²) in [7, 11) is 1.79. The fourth-order valence-corrected chi connectivity index (χ4v) is 3.82. The van der Waals surface area contributed by atoms with Crippen molar-refractivity contribution in [3.63, 3.8) is 0 Å². The summed E-state index contributed by atoms with van der Waals surface area (Å²) in [5.74, 6) is 0.675. The van der Waals surface area contributed by atoms with Gasteiger partial charge >= 0.3 is 0 Å². The standard InChI is InChI=1S/C17H26N2O2/c1-20-12-5-15-6-13-21-17(15)7-10-19(11-8-17)14-16-4-2-3-9-18-16/h2-4,9,15H,5-8,10-14H2,1H3/t15-/m1/s1. The average Bonchev–Trinajstić information content (AvgIpc) is 2.91. The lowest BCUT2D eigenvalue weighted by molar-refractivity contribution is -0.0722. The zero-order chi connectivity index (χ0) is 14.5. The Morgan fingerprint density at radius 3 is 2.95 bits per heavy atom. The Kier molecular flexibility index (Phi) is 4.88.